The molecule has 0 radical (unpaired) electrons. The Labute approximate surface area is 357 Å². The van der Waals surface area contributed by atoms with Crippen molar-refractivity contribution >= 4 is 10.8 Å². The number of benzene rings is 9. The number of aromatic nitrogens is 2. The van der Waals surface area contributed by atoms with Crippen molar-refractivity contribution in [2.45, 2.75) is 19.3 Å². The van der Waals surface area contributed by atoms with E-state index in [1.165, 1.54) is 72.1 Å². The fraction of sp³-hybridized carbons (Fsp3) is 0.0508. The molecule has 1 heterocycles. The molecule has 10 aromatic rings. The van der Waals surface area contributed by atoms with Crippen LogP contribution in [0.15, 0.2) is 218 Å². The molecule has 9 aromatic carbocycles. The maximum absolute atomic E-state index is 5.22. The van der Waals surface area contributed by atoms with Gasteiger partial charge in [0.1, 0.15) is 0 Å². The summed E-state index contributed by atoms with van der Waals surface area (Å²) in [4.78, 5) is 10.3. The van der Waals surface area contributed by atoms with Crippen LogP contribution in [-0.4, -0.2) is 9.97 Å². The second-order valence-electron chi connectivity index (χ2n) is 16.5. The van der Waals surface area contributed by atoms with Crippen molar-refractivity contribution in [2.75, 3.05) is 0 Å². The van der Waals surface area contributed by atoms with Crippen LogP contribution in [0.3, 0.4) is 0 Å². The topological polar surface area (TPSA) is 25.8 Å². The molecule has 2 nitrogen and oxygen atoms in total. The second kappa shape index (κ2) is 14.9. The van der Waals surface area contributed by atoms with Crippen LogP contribution in [-0.2, 0) is 5.41 Å². The van der Waals surface area contributed by atoms with Gasteiger partial charge in [-0.05, 0) is 108 Å². The van der Waals surface area contributed by atoms with Crippen LogP contribution in [0, 0.1) is 0 Å². The van der Waals surface area contributed by atoms with E-state index in [1.54, 1.807) is 0 Å². The van der Waals surface area contributed by atoms with E-state index in [1.807, 2.05) is 24.3 Å². The first-order chi connectivity index (χ1) is 30.0. The highest BCUT2D eigenvalue weighted by atomic mass is 14.9. The summed E-state index contributed by atoms with van der Waals surface area (Å²) in [5.41, 5.74) is 19.9. The lowest BCUT2D eigenvalue weighted by Gasteiger charge is -2.21. The molecule has 0 N–H and O–H groups in total. The normalized spacial score (nSPS) is 12.6. The molecule has 1 aliphatic carbocycles. The Morgan fingerprint density at radius 3 is 1.54 bits per heavy atom. The van der Waals surface area contributed by atoms with E-state index in [2.05, 4.69) is 208 Å². The van der Waals surface area contributed by atoms with E-state index in [4.69, 9.17) is 9.97 Å². The Kier molecular flexibility index (Phi) is 8.86. The van der Waals surface area contributed by atoms with Crippen LogP contribution in [0.25, 0.3) is 100 Å². The number of fused-ring (bicyclic) bond motifs is 4. The van der Waals surface area contributed by atoms with E-state index in [0.29, 0.717) is 5.82 Å². The Bertz CT molecular complexity index is 3200. The molecule has 0 atom stereocenters. The Morgan fingerprint density at radius 2 is 0.787 bits per heavy atom. The van der Waals surface area contributed by atoms with Crippen molar-refractivity contribution in [1.82, 2.24) is 9.97 Å². The van der Waals surface area contributed by atoms with Crippen LogP contribution < -0.4 is 0 Å². The lowest BCUT2D eigenvalue weighted by atomic mass is 9.82. The summed E-state index contributed by atoms with van der Waals surface area (Å²) in [6.07, 6.45) is 0. The summed E-state index contributed by atoms with van der Waals surface area (Å²) in [7, 11) is 0. The smallest absolute Gasteiger partial charge is 0.160 e. The minimum Gasteiger partial charge on any atom is -0.228 e. The first kappa shape index (κ1) is 36.4. The summed E-state index contributed by atoms with van der Waals surface area (Å²) in [6.45, 7) is 4.70. The molecule has 288 valence electrons. The van der Waals surface area contributed by atoms with Gasteiger partial charge in [0.25, 0.3) is 0 Å². The third kappa shape index (κ3) is 6.45. The summed E-state index contributed by atoms with van der Waals surface area (Å²) in [5, 5.41) is 2.32. The molecule has 0 saturated heterocycles. The van der Waals surface area contributed by atoms with Gasteiger partial charge in [0.05, 0.1) is 11.4 Å². The number of rotatable bonds is 7. The van der Waals surface area contributed by atoms with E-state index in [9.17, 15) is 0 Å². The summed E-state index contributed by atoms with van der Waals surface area (Å²) in [5.74, 6) is 0.709. The highest BCUT2D eigenvalue weighted by molar-refractivity contribution is 6.05. The molecule has 0 spiro atoms. The fourth-order valence-corrected chi connectivity index (χ4v) is 9.44. The second-order valence-corrected chi connectivity index (χ2v) is 16.5. The van der Waals surface area contributed by atoms with Gasteiger partial charge >= 0.3 is 0 Å². The number of nitrogens with zero attached hydrogens (tertiary/aromatic N) is 2. The van der Waals surface area contributed by atoms with E-state index >= 15 is 0 Å². The maximum Gasteiger partial charge on any atom is 0.160 e. The lowest BCUT2D eigenvalue weighted by molar-refractivity contribution is 0.660. The average molecular weight is 779 g/mol. The van der Waals surface area contributed by atoms with Gasteiger partial charge in [-0.25, -0.2) is 9.97 Å². The van der Waals surface area contributed by atoms with Gasteiger partial charge in [-0.2, -0.15) is 0 Å². The van der Waals surface area contributed by atoms with Crippen LogP contribution in [0.5, 0.6) is 0 Å². The number of hydrogen-bond donors (Lipinski definition) is 0. The molecular weight excluding hydrogens is 737 g/mol. The Hall–Kier alpha value is -7.68. The molecule has 0 fully saturated rings. The van der Waals surface area contributed by atoms with Gasteiger partial charge in [0, 0.05) is 22.1 Å². The third-order valence-corrected chi connectivity index (χ3v) is 12.5. The molecule has 1 aromatic heterocycles. The summed E-state index contributed by atoms with van der Waals surface area (Å²) >= 11 is 0. The van der Waals surface area contributed by atoms with Gasteiger partial charge in [-0.3, -0.25) is 0 Å². The van der Waals surface area contributed by atoms with Crippen molar-refractivity contribution in [2.24, 2.45) is 0 Å². The monoisotopic (exact) mass is 778 g/mol. The van der Waals surface area contributed by atoms with Crippen molar-refractivity contribution < 1.29 is 0 Å². The van der Waals surface area contributed by atoms with Crippen LogP contribution in [0.4, 0.5) is 0 Å². The van der Waals surface area contributed by atoms with Gasteiger partial charge in [-0.1, -0.05) is 202 Å². The van der Waals surface area contributed by atoms with Crippen molar-refractivity contribution in [3.63, 3.8) is 0 Å². The van der Waals surface area contributed by atoms with Gasteiger partial charge in [0.15, 0.2) is 5.82 Å². The predicted molar refractivity (Wildman–Crippen MR) is 255 cm³/mol. The van der Waals surface area contributed by atoms with Crippen LogP contribution in [0.2, 0.25) is 0 Å². The first-order valence-electron chi connectivity index (χ1n) is 21.1. The van der Waals surface area contributed by atoms with Crippen LogP contribution >= 0.6 is 0 Å². The SMILES string of the molecule is CC1(C)c2ccccc2-c2c(-c3cccc(-c4cc(-c5ccccc5)cc(-c5ccc(-c6cc(-c7ccccc7)nc(-c7ccccc7)n6)c6ccccc56)c4)c3)cccc21. The molecule has 2 heteroatoms. The van der Waals surface area contributed by atoms with Crippen molar-refractivity contribution in [3.8, 4) is 89.5 Å². The molecule has 61 heavy (non-hydrogen) atoms. The zero-order chi connectivity index (χ0) is 40.9. The highest BCUT2D eigenvalue weighted by Gasteiger charge is 2.36. The number of hydrogen-bond acceptors (Lipinski definition) is 2. The molecule has 11 rings (SSSR count). The zero-order valence-electron chi connectivity index (χ0n) is 34.2. The van der Waals surface area contributed by atoms with E-state index in [0.717, 1.165) is 33.5 Å². The molecule has 0 saturated carbocycles. The highest BCUT2D eigenvalue weighted by Crippen LogP contribution is 2.52. The quantitative estimate of drug-likeness (QED) is 0.161. The van der Waals surface area contributed by atoms with Gasteiger partial charge < -0.3 is 0 Å². The predicted octanol–water partition coefficient (Wildman–Crippen LogP) is 15.6. The molecule has 0 unspecified atom stereocenters. The minimum atomic E-state index is -0.0569. The van der Waals surface area contributed by atoms with Crippen LogP contribution in [0.1, 0.15) is 25.0 Å². The third-order valence-electron chi connectivity index (χ3n) is 12.5. The first-order valence-corrected chi connectivity index (χ1v) is 21.1. The maximum atomic E-state index is 5.22. The largest absolute Gasteiger partial charge is 0.228 e. The van der Waals surface area contributed by atoms with Gasteiger partial charge in [-0.15, -0.1) is 0 Å². The molecule has 0 amide bonds. The Morgan fingerprint density at radius 1 is 0.295 bits per heavy atom. The van der Waals surface area contributed by atoms with E-state index < -0.39 is 0 Å². The fourth-order valence-electron chi connectivity index (χ4n) is 9.44. The summed E-state index contributed by atoms with van der Waals surface area (Å²) in [6, 6.07) is 78.7. The van der Waals surface area contributed by atoms with Crippen molar-refractivity contribution in [1.29, 1.82) is 0 Å². The van der Waals surface area contributed by atoms with Crippen molar-refractivity contribution in [3.05, 3.63) is 230 Å². The molecule has 1 aliphatic rings. The molecular formula is C59H42N2. The standard InChI is InChI=1S/C59H42N2/c1-59(2)53-30-15-14-28-52(53)57-48(29-17-31-54(57)59)43-25-16-24-42(34-43)45-35-44(39-18-6-3-7-19-39)36-46(37-45)47-32-33-51(50-27-13-12-26-49(47)50)56-38-55(40-20-8-4-9-21-40)60-58(61-56)41-22-10-5-11-23-41/h3-38H,1-2H3. The average Bonchev–Trinajstić information content (AvgIpc) is 3.57. The molecule has 0 aliphatic heterocycles. The Balaban J connectivity index is 1.07. The summed E-state index contributed by atoms with van der Waals surface area (Å²) < 4.78 is 0. The van der Waals surface area contributed by atoms with E-state index in [-0.39, 0.29) is 5.41 Å². The lowest BCUT2D eigenvalue weighted by Crippen LogP contribution is -2.14. The zero-order valence-corrected chi connectivity index (χ0v) is 34.2. The minimum absolute atomic E-state index is 0.0569. The van der Waals surface area contributed by atoms with Gasteiger partial charge in [0.2, 0.25) is 0 Å². The molecule has 0 bridgehead atoms.